The number of aromatic nitrogens is 3. The number of hydrogen-bond donors (Lipinski definition) is 0. The molecule has 4 rings (SSSR count). The monoisotopic (exact) mass is 340 g/mol. The molecule has 2 heterocycles. The van der Waals surface area contributed by atoms with Gasteiger partial charge in [-0.2, -0.15) is 9.67 Å². The molecular formula is C17H13ClN4O2. The Labute approximate surface area is 142 Å². The fourth-order valence-electron chi connectivity index (χ4n) is 2.76. The number of halogens is 1. The van der Waals surface area contributed by atoms with Crippen LogP contribution in [0.25, 0.3) is 0 Å². The van der Waals surface area contributed by atoms with Gasteiger partial charge in [0.2, 0.25) is 0 Å². The van der Waals surface area contributed by atoms with Gasteiger partial charge >= 0.3 is 11.7 Å². The fourth-order valence-corrected chi connectivity index (χ4v) is 2.89. The predicted octanol–water partition coefficient (Wildman–Crippen LogP) is 2.73. The summed E-state index contributed by atoms with van der Waals surface area (Å²) < 4.78 is 2.44. The van der Waals surface area contributed by atoms with Crippen LogP contribution < -0.4 is 10.6 Å². The van der Waals surface area contributed by atoms with Crippen LogP contribution in [0.4, 0.5) is 10.5 Å². The number of carbonyl (C=O) groups excluding carboxylic acids is 1. The first-order valence-electron chi connectivity index (χ1n) is 7.43. The third-order valence-corrected chi connectivity index (χ3v) is 4.19. The molecule has 0 N–H and O–H groups in total. The van der Waals surface area contributed by atoms with Gasteiger partial charge in [-0.05, 0) is 29.8 Å². The summed E-state index contributed by atoms with van der Waals surface area (Å²) in [7, 11) is 0. The van der Waals surface area contributed by atoms with Crippen molar-refractivity contribution in [1.82, 2.24) is 14.3 Å². The molecule has 1 amide bonds. The minimum absolute atomic E-state index is 0.261. The molecule has 0 aliphatic carbocycles. The molecule has 24 heavy (non-hydrogen) atoms. The number of hydrogen-bond acceptors (Lipinski definition) is 3. The first-order valence-corrected chi connectivity index (χ1v) is 7.81. The number of anilines is 1. The van der Waals surface area contributed by atoms with Crippen molar-refractivity contribution in [3.8, 4) is 0 Å². The van der Waals surface area contributed by atoms with Crippen LogP contribution in [-0.2, 0) is 13.1 Å². The third-order valence-electron chi connectivity index (χ3n) is 3.94. The first-order chi connectivity index (χ1) is 11.6. The lowest BCUT2D eigenvalue weighted by Crippen LogP contribution is -2.34. The minimum atomic E-state index is -0.421. The van der Waals surface area contributed by atoms with E-state index < -0.39 is 11.7 Å². The van der Waals surface area contributed by atoms with E-state index in [2.05, 4.69) is 5.10 Å². The zero-order valence-corrected chi connectivity index (χ0v) is 13.3. The maximum atomic E-state index is 12.6. The van der Waals surface area contributed by atoms with Crippen molar-refractivity contribution in [2.24, 2.45) is 0 Å². The molecule has 1 aromatic heterocycles. The van der Waals surface area contributed by atoms with Crippen LogP contribution in [0.1, 0.15) is 11.4 Å². The number of amides is 1. The van der Waals surface area contributed by atoms with Gasteiger partial charge in [0.25, 0.3) is 0 Å². The summed E-state index contributed by atoms with van der Waals surface area (Å²) >= 11 is 5.87. The van der Waals surface area contributed by atoms with Crippen LogP contribution in [0.5, 0.6) is 0 Å². The number of carbonyl (C=O) groups is 1. The van der Waals surface area contributed by atoms with Crippen LogP contribution in [0.15, 0.2) is 59.4 Å². The van der Waals surface area contributed by atoms with E-state index in [-0.39, 0.29) is 6.54 Å². The molecule has 6 nitrogen and oxygen atoms in total. The molecule has 0 unspecified atom stereocenters. The van der Waals surface area contributed by atoms with E-state index in [0.29, 0.717) is 23.1 Å². The van der Waals surface area contributed by atoms with Gasteiger partial charge in [-0.25, -0.2) is 14.3 Å². The van der Waals surface area contributed by atoms with Crippen molar-refractivity contribution < 1.29 is 4.79 Å². The van der Waals surface area contributed by atoms with Crippen molar-refractivity contribution in [1.29, 1.82) is 0 Å². The lowest BCUT2D eigenvalue weighted by molar-refractivity contribution is 0.250. The Morgan fingerprint density at radius 3 is 2.38 bits per heavy atom. The maximum absolute atomic E-state index is 12.6. The summed E-state index contributed by atoms with van der Waals surface area (Å²) in [5, 5.41) is 4.90. The Morgan fingerprint density at radius 2 is 1.71 bits per heavy atom. The highest BCUT2D eigenvalue weighted by Crippen LogP contribution is 2.23. The molecule has 0 atom stereocenters. The minimum Gasteiger partial charge on any atom is -0.286 e. The van der Waals surface area contributed by atoms with Gasteiger partial charge in [0, 0.05) is 10.7 Å². The maximum Gasteiger partial charge on any atom is 0.354 e. The Kier molecular flexibility index (Phi) is 3.46. The summed E-state index contributed by atoms with van der Waals surface area (Å²) in [5.41, 5.74) is 1.22. The average molecular weight is 341 g/mol. The normalized spacial score (nSPS) is 13.4. The third kappa shape index (κ3) is 2.41. The number of rotatable bonds is 3. The standard InChI is InChI=1S/C17H13ClN4O2/c18-13-6-8-14(9-7-13)20-11-15-19-21(17(24)22(15)16(20)23)10-12-4-2-1-3-5-12/h1-9H,10-11H2. The molecule has 0 fully saturated rings. The van der Waals surface area contributed by atoms with Gasteiger partial charge in [-0.1, -0.05) is 41.9 Å². The van der Waals surface area contributed by atoms with E-state index in [4.69, 9.17) is 11.6 Å². The van der Waals surface area contributed by atoms with Crippen LogP contribution in [0.3, 0.4) is 0 Å². The SMILES string of the molecule is O=C1N(c2ccc(Cl)cc2)Cc2nn(Cc3ccccc3)c(=O)n21. The molecule has 0 radical (unpaired) electrons. The zero-order chi connectivity index (χ0) is 16.7. The molecule has 0 saturated carbocycles. The molecule has 3 aromatic rings. The number of fused-ring (bicyclic) bond motifs is 1. The van der Waals surface area contributed by atoms with Crippen molar-refractivity contribution in [3.63, 3.8) is 0 Å². The van der Waals surface area contributed by atoms with Crippen LogP contribution in [0, 0.1) is 0 Å². The summed E-state index contributed by atoms with van der Waals surface area (Å²) in [6.45, 7) is 0.603. The summed E-state index contributed by atoms with van der Waals surface area (Å²) in [6.07, 6.45) is 0. The summed E-state index contributed by atoms with van der Waals surface area (Å²) in [5.74, 6) is 0.441. The summed E-state index contributed by atoms with van der Waals surface area (Å²) in [4.78, 5) is 26.6. The van der Waals surface area contributed by atoms with E-state index in [1.165, 1.54) is 9.58 Å². The largest absolute Gasteiger partial charge is 0.354 e. The highest BCUT2D eigenvalue weighted by atomic mass is 35.5. The van der Waals surface area contributed by atoms with Gasteiger partial charge < -0.3 is 0 Å². The Morgan fingerprint density at radius 1 is 1.00 bits per heavy atom. The second-order valence-electron chi connectivity index (χ2n) is 5.52. The molecule has 0 bridgehead atoms. The first kappa shape index (κ1) is 14.7. The Hall–Kier alpha value is -2.86. The molecular weight excluding hydrogens is 328 g/mol. The lowest BCUT2D eigenvalue weighted by Gasteiger charge is -2.14. The quantitative estimate of drug-likeness (QED) is 0.736. The van der Waals surface area contributed by atoms with Gasteiger partial charge in [-0.3, -0.25) is 4.90 Å². The second kappa shape index (κ2) is 5.65. The molecule has 7 heteroatoms. The van der Waals surface area contributed by atoms with Crippen molar-refractivity contribution in [2.45, 2.75) is 13.1 Å². The van der Waals surface area contributed by atoms with E-state index in [9.17, 15) is 9.59 Å². The smallest absolute Gasteiger partial charge is 0.286 e. The lowest BCUT2D eigenvalue weighted by atomic mass is 10.2. The van der Waals surface area contributed by atoms with Gasteiger partial charge in [0.15, 0.2) is 5.82 Å². The highest BCUT2D eigenvalue weighted by Gasteiger charge is 2.33. The van der Waals surface area contributed by atoms with Crippen LogP contribution in [-0.4, -0.2) is 20.4 Å². The fraction of sp³-hybridized carbons (Fsp3) is 0.118. The van der Waals surface area contributed by atoms with E-state index in [1.807, 2.05) is 30.3 Å². The van der Waals surface area contributed by atoms with Gasteiger partial charge in [0.05, 0.1) is 13.1 Å². The molecule has 1 aliphatic rings. The Bertz CT molecular complexity index is 961. The van der Waals surface area contributed by atoms with Crippen LogP contribution in [0.2, 0.25) is 5.02 Å². The molecule has 1 aliphatic heterocycles. The molecule has 2 aromatic carbocycles. The number of nitrogens with zero attached hydrogens (tertiary/aromatic N) is 4. The van der Waals surface area contributed by atoms with Gasteiger partial charge in [0.1, 0.15) is 0 Å². The highest BCUT2D eigenvalue weighted by molar-refractivity contribution is 6.30. The van der Waals surface area contributed by atoms with E-state index in [1.54, 1.807) is 24.3 Å². The molecule has 120 valence electrons. The Balaban J connectivity index is 1.64. The van der Waals surface area contributed by atoms with Crippen LogP contribution >= 0.6 is 11.6 Å². The van der Waals surface area contributed by atoms with Crippen molar-refractivity contribution in [3.05, 3.63) is 81.5 Å². The molecule has 0 spiro atoms. The predicted molar refractivity (Wildman–Crippen MR) is 90.5 cm³/mol. The van der Waals surface area contributed by atoms with E-state index in [0.717, 1.165) is 10.1 Å². The zero-order valence-electron chi connectivity index (χ0n) is 12.6. The van der Waals surface area contributed by atoms with E-state index >= 15 is 0 Å². The van der Waals surface area contributed by atoms with Crippen molar-refractivity contribution >= 4 is 23.3 Å². The van der Waals surface area contributed by atoms with Crippen molar-refractivity contribution in [2.75, 3.05) is 4.90 Å². The number of benzene rings is 2. The summed E-state index contributed by atoms with van der Waals surface area (Å²) in [6, 6.07) is 16.1. The second-order valence-corrected chi connectivity index (χ2v) is 5.96. The average Bonchev–Trinajstić information content (AvgIpc) is 3.07. The van der Waals surface area contributed by atoms with Gasteiger partial charge in [-0.15, -0.1) is 0 Å². The topological polar surface area (TPSA) is 60.1 Å². The molecule has 0 saturated heterocycles.